The van der Waals surface area contributed by atoms with Gasteiger partial charge in [-0.05, 0) is 53.0 Å². The first-order valence-electron chi connectivity index (χ1n) is 9.62. The molecule has 5 nitrogen and oxygen atoms in total. The number of carbonyl (C=O) groups is 1. The highest BCUT2D eigenvalue weighted by atomic mass is 32.1. The molecule has 0 unspecified atom stereocenters. The highest BCUT2D eigenvalue weighted by Crippen LogP contribution is 2.37. The van der Waals surface area contributed by atoms with Crippen molar-refractivity contribution in [3.63, 3.8) is 0 Å². The monoisotopic (exact) mass is 420 g/mol. The number of benzene rings is 1. The minimum atomic E-state index is -2.29. The summed E-state index contributed by atoms with van der Waals surface area (Å²) in [5.41, 5.74) is 1.64. The van der Waals surface area contributed by atoms with Crippen LogP contribution < -0.4 is 5.30 Å². The number of piperidine rings is 1. The van der Waals surface area contributed by atoms with E-state index in [1.54, 1.807) is 29.6 Å². The molecule has 1 aromatic carbocycles. The van der Waals surface area contributed by atoms with Crippen LogP contribution in [0.25, 0.3) is 10.6 Å². The topological polar surface area (TPSA) is 59.5 Å². The molecular formula is C21H29N2O3PS. The van der Waals surface area contributed by atoms with E-state index < -0.39 is 12.7 Å². The van der Waals surface area contributed by atoms with Crippen molar-refractivity contribution < 1.29 is 14.1 Å². The zero-order valence-corrected chi connectivity index (χ0v) is 19.0. The van der Waals surface area contributed by atoms with Gasteiger partial charge in [0.25, 0.3) is 0 Å². The number of carbonyl (C=O) groups excluding carboxylic acids is 1. The number of amides is 1. The lowest BCUT2D eigenvalue weighted by molar-refractivity contribution is 0.0204. The molecule has 1 amide bonds. The van der Waals surface area contributed by atoms with Crippen molar-refractivity contribution in [3.05, 3.63) is 35.3 Å². The second-order valence-electron chi connectivity index (χ2n) is 8.72. The molecule has 0 atom stereocenters. The summed E-state index contributed by atoms with van der Waals surface area (Å²) in [6, 6.07) is 7.89. The summed E-state index contributed by atoms with van der Waals surface area (Å²) in [5.74, 6) is 0.357. The molecule has 0 N–H and O–H groups in total. The lowest BCUT2D eigenvalue weighted by Crippen LogP contribution is -2.41. The van der Waals surface area contributed by atoms with Crippen molar-refractivity contribution in [1.29, 1.82) is 0 Å². The number of rotatable bonds is 3. The Balaban J connectivity index is 1.66. The molecule has 152 valence electrons. The van der Waals surface area contributed by atoms with Crippen molar-refractivity contribution in [2.75, 3.05) is 26.4 Å². The van der Waals surface area contributed by atoms with Crippen LogP contribution >= 0.6 is 18.5 Å². The van der Waals surface area contributed by atoms with Gasteiger partial charge in [0.2, 0.25) is 0 Å². The predicted molar refractivity (Wildman–Crippen MR) is 116 cm³/mol. The number of aromatic nitrogens is 1. The second-order valence-corrected chi connectivity index (χ2v) is 12.8. The maximum atomic E-state index is 12.4. The zero-order valence-electron chi connectivity index (χ0n) is 17.3. The van der Waals surface area contributed by atoms with Crippen LogP contribution in [0, 0.1) is 0 Å². The van der Waals surface area contributed by atoms with Gasteiger partial charge in [0.15, 0.2) is 0 Å². The van der Waals surface area contributed by atoms with Gasteiger partial charge in [-0.15, -0.1) is 11.3 Å². The van der Waals surface area contributed by atoms with Crippen LogP contribution in [0.1, 0.15) is 45.2 Å². The molecule has 0 bridgehead atoms. The van der Waals surface area contributed by atoms with E-state index in [4.69, 9.17) is 9.72 Å². The fraction of sp³-hybridized carbons (Fsp3) is 0.524. The molecule has 28 heavy (non-hydrogen) atoms. The second kappa shape index (κ2) is 8.00. The van der Waals surface area contributed by atoms with E-state index in [1.165, 1.54) is 0 Å². The fourth-order valence-electron chi connectivity index (χ4n) is 3.26. The smallest absolute Gasteiger partial charge is 0.410 e. The number of likely N-dealkylation sites (tertiary alicyclic amines) is 1. The van der Waals surface area contributed by atoms with Crippen LogP contribution in [-0.2, 0) is 9.30 Å². The van der Waals surface area contributed by atoms with Gasteiger partial charge in [-0.1, -0.05) is 18.2 Å². The molecule has 2 heterocycles. The van der Waals surface area contributed by atoms with E-state index in [0.29, 0.717) is 19.0 Å². The Hall–Kier alpha value is -1.65. The van der Waals surface area contributed by atoms with E-state index >= 15 is 0 Å². The van der Waals surface area contributed by atoms with Gasteiger partial charge in [-0.25, -0.2) is 9.78 Å². The van der Waals surface area contributed by atoms with Crippen molar-refractivity contribution >= 4 is 29.9 Å². The van der Waals surface area contributed by atoms with Crippen LogP contribution in [0.15, 0.2) is 29.6 Å². The largest absolute Gasteiger partial charge is 0.444 e. The van der Waals surface area contributed by atoms with E-state index in [1.807, 2.05) is 45.0 Å². The molecular weight excluding hydrogens is 391 g/mol. The molecule has 3 rings (SSSR count). The molecule has 1 fully saturated rings. The average molecular weight is 421 g/mol. The van der Waals surface area contributed by atoms with Gasteiger partial charge in [0, 0.05) is 35.3 Å². The number of hydrogen-bond donors (Lipinski definition) is 0. The molecule has 0 saturated carbocycles. The molecule has 7 heteroatoms. The van der Waals surface area contributed by atoms with Gasteiger partial charge >= 0.3 is 6.09 Å². The van der Waals surface area contributed by atoms with Gasteiger partial charge in [0.05, 0.1) is 5.69 Å². The maximum Gasteiger partial charge on any atom is 0.410 e. The molecule has 1 aliphatic rings. The van der Waals surface area contributed by atoms with Crippen LogP contribution in [0.5, 0.6) is 0 Å². The summed E-state index contributed by atoms with van der Waals surface area (Å²) in [4.78, 5) is 18.9. The van der Waals surface area contributed by atoms with Crippen LogP contribution in [-0.4, -0.2) is 48.0 Å². The number of nitrogens with zero attached hydrogens (tertiary/aromatic N) is 2. The third-order valence-electron chi connectivity index (χ3n) is 4.80. The standard InChI is InChI=1S/C21H29N2O3PS/c1-21(2,3)26-20(24)23-11-9-15(10-12-23)18-14-28-19(22-18)16-7-6-8-17(13-16)27(4,5)25/h6-8,13-15H,9-12H2,1-5H3. The molecule has 2 aromatic rings. The summed E-state index contributed by atoms with van der Waals surface area (Å²) in [7, 11) is -2.29. The Labute approximate surface area is 171 Å². The maximum absolute atomic E-state index is 12.4. The van der Waals surface area contributed by atoms with Crippen LogP contribution in [0.3, 0.4) is 0 Å². The first-order valence-corrected chi connectivity index (χ1v) is 13.1. The van der Waals surface area contributed by atoms with Crippen molar-refractivity contribution in [3.8, 4) is 10.6 Å². The summed E-state index contributed by atoms with van der Waals surface area (Å²) in [6.07, 6.45) is 1.55. The SMILES string of the molecule is CC(C)(C)OC(=O)N1CCC(c2csc(-c3cccc(P(C)(C)=O)c3)n2)CC1. The molecule has 0 radical (unpaired) electrons. The Bertz CT molecular complexity index is 889. The number of ether oxygens (including phenoxy) is 1. The lowest BCUT2D eigenvalue weighted by Gasteiger charge is -2.32. The first-order chi connectivity index (χ1) is 13.0. The first kappa shape index (κ1) is 21.1. The fourth-order valence-corrected chi connectivity index (χ4v) is 5.06. The minimum Gasteiger partial charge on any atom is -0.444 e. The van der Waals surface area contributed by atoms with E-state index in [2.05, 4.69) is 5.38 Å². The molecule has 0 aliphatic carbocycles. The van der Waals surface area contributed by atoms with Gasteiger partial charge in [-0.2, -0.15) is 0 Å². The van der Waals surface area contributed by atoms with Crippen molar-refractivity contribution in [2.24, 2.45) is 0 Å². The molecule has 1 aromatic heterocycles. The number of hydrogen-bond acceptors (Lipinski definition) is 5. The van der Waals surface area contributed by atoms with Gasteiger partial charge < -0.3 is 14.2 Å². The molecule has 0 spiro atoms. The Morgan fingerprint density at radius 1 is 1.25 bits per heavy atom. The average Bonchev–Trinajstić information content (AvgIpc) is 3.10. The minimum absolute atomic E-state index is 0.231. The summed E-state index contributed by atoms with van der Waals surface area (Å²) in [6.45, 7) is 10.6. The summed E-state index contributed by atoms with van der Waals surface area (Å²) in [5, 5.41) is 3.96. The lowest BCUT2D eigenvalue weighted by atomic mass is 9.94. The zero-order chi connectivity index (χ0) is 20.5. The number of thiazole rings is 1. The van der Waals surface area contributed by atoms with Crippen LogP contribution in [0.4, 0.5) is 4.79 Å². The van der Waals surface area contributed by atoms with Crippen molar-refractivity contribution in [2.45, 2.75) is 45.1 Å². The molecule has 1 aliphatic heterocycles. The molecule has 1 saturated heterocycles. The summed E-state index contributed by atoms with van der Waals surface area (Å²) >= 11 is 1.62. The van der Waals surface area contributed by atoms with Gasteiger partial charge in [-0.3, -0.25) is 0 Å². The van der Waals surface area contributed by atoms with Crippen LogP contribution in [0.2, 0.25) is 0 Å². The Morgan fingerprint density at radius 3 is 2.54 bits per heavy atom. The predicted octanol–water partition coefficient (Wildman–Crippen LogP) is 5.17. The van der Waals surface area contributed by atoms with Crippen molar-refractivity contribution in [1.82, 2.24) is 9.88 Å². The van der Waals surface area contributed by atoms with E-state index in [-0.39, 0.29) is 6.09 Å². The Kier molecular flexibility index (Phi) is 6.02. The van der Waals surface area contributed by atoms with E-state index in [0.717, 1.165) is 34.4 Å². The Morgan fingerprint density at radius 2 is 1.93 bits per heavy atom. The quantitative estimate of drug-likeness (QED) is 0.643. The van der Waals surface area contributed by atoms with E-state index in [9.17, 15) is 9.36 Å². The third-order valence-corrected chi connectivity index (χ3v) is 7.23. The highest BCUT2D eigenvalue weighted by Gasteiger charge is 2.28. The van der Waals surface area contributed by atoms with Gasteiger partial charge in [0.1, 0.15) is 17.8 Å². The highest BCUT2D eigenvalue weighted by molar-refractivity contribution is 7.70. The third kappa shape index (κ3) is 5.24. The summed E-state index contributed by atoms with van der Waals surface area (Å²) < 4.78 is 17.8. The normalized spacial score (nSPS) is 16.2.